The number of benzene rings is 1. The molecule has 1 N–H and O–H groups in total. The van der Waals surface area contributed by atoms with Crippen molar-refractivity contribution in [2.45, 2.75) is 121 Å². The largest absolute Gasteiger partial charge is 0.494 e. The summed E-state index contributed by atoms with van der Waals surface area (Å²) in [5.74, 6) is 0.840. The Bertz CT molecular complexity index is 1570. The van der Waals surface area contributed by atoms with Crippen LogP contribution in [0.3, 0.4) is 0 Å². The molecule has 1 aromatic heterocycles. The number of pyridine rings is 1. The minimum Gasteiger partial charge on any atom is -0.399 e. The molecule has 45 heavy (non-hydrogen) atoms. The number of hydrogen-bond acceptors (Lipinski definition) is 6. The number of rotatable bonds is 6. The first-order chi connectivity index (χ1) is 21.0. The molecule has 240 valence electrons. The zero-order valence-electron chi connectivity index (χ0n) is 27.0. The van der Waals surface area contributed by atoms with E-state index in [0.717, 1.165) is 36.5 Å². The monoisotopic (exact) mass is 622 g/mol. The van der Waals surface area contributed by atoms with Gasteiger partial charge < -0.3 is 19.5 Å². The molecule has 2 saturated heterocycles. The van der Waals surface area contributed by atoms with Crippen molar-refractivity contribution >= 4 is 30.0 Å². The minimum atomic E-state index is -4.54. The van der Waals surface area contributed by atoms with E-state index in [0.29, 0.717) is 42.4 Å². The molecular weight excluding hydrogens is 580 g/mol. The van der Waals surface area contributed by atoms with Crippen LogP contribution in [-0.2, 0) is 32.1 Å². The zero-order valence-corrected chi connectivity index (χ0v) is 27.0. The summed E-state index contributed by atoms with van der Waals surface area (Å²) in [6, 6.07) is 8.94. The Hall–Kier alpha value is -2.92. The van der Waals surface area contributed by atoms with Gasteiger partial charge in [-0.3, -0.25) is 9.79 Å². The predicted octanol–water partition coefficient (Wildman–Crippen LogP) is 5.71. The van der Waals surface area contributed by atoms with Gasteiger partial charge in [0.25, 0.3) is 5.91 Å². The van der Waals surface area contributed by atoms with E-state index in [9.17, 15) is 18.0 Å². The molecule has 2 aliphatic carbocycles. The molecule has 1 amide bonds. The minimum absolute atomic E-state index is 0.00903. The molecular formula is C34H42BF3N4O3. The maximum Gasteiger partial charge on any atom is 0.494 e. The van der Waals surface area contributed by atoms with Crippen molar-refractivity contribution < 1.29 is 27.3 Å². The molecule has 0 unspecified atom stereocenters. The molecule has 7 nitrogen and oxygen atoms in total. The van der Waals surface area contributed by atoms with E-state index < -0.39 is 41.1 Å². The van der Waals surface area contributed by atoms with Gasteiger partial charge >= 0.3 is 13.3 Å². The van der Waals surface area contributed by atoms with E-state index >= 15 is 0 Å². The molecule has 0 bridgehead atoms. The summed E-state index contributed by atoms with van der Waals surface area (Å²) in [5, 5.41) is 2.95. The quantitative estimate of drug-likeness (QED) is 0.418. The van der Waals surface area contributed by atoms with Gasteiger partial charge in [0.2, 0.25) is 0 Å². The van der Waals surface area contributed by atoms with Crippen molar-refractivity contribution in [3.05, 3.63) is 52.8 Å². The molecule has 2 aromatic rings. The standard InChI is InChI=1S/C34H42BF3N4O3/c1-20-19-33(29(43)40-28(41-33)24-11-12-26(34(36,37)38)39-27(24)32(6)13-14-32)15-16-42(20)25-18-23(10-9-22(25)17-21-7-8-21)35-44-30(2,3)31(4,5)45-35/h9-12,18,20-21H,7-8,13-17,19H2,1-6H3,(H,40,41,43)/t20-,33+/m0/s1. The van der Waals surface area contributed by atoms with Gasteiger partial charge in [-0.25, -0.2) is 4.98 Å². The number of alkyl halides is 3. The van der Waals surface area contributed by atoms with Crippen LogP contribution >= 0.6 is 0 Å². The number of amidine groups is 1. The van der Waals surface area contributed by atoms with Crippen molar-refractivity contribution in [1.29, 1.82) is 0 Å². The van der Waals surface area contributed by atoms with Gasteiger partial charge in [-0.1, -0.05) is 19.1 Å². The first-order valence-corrected chi connectivity index (χ1v) is 16.3. The normalized spacial score (nSPS) is 28.4. The second kappa shape index (κ2) is 10.0. The average molecular weight is 623 g/mol. The maximum absolute atomic E-state index is 13.6. The topological polar surface area (TPSA) is 76.1 Å². The molecule has 4 heterocycles. The molecule has 2 saturated carbocycles. The third kappa shape index (κ3) is 5.37. The highest BCUT2D eigenvalue weighted by molar-refractivity contribution is 6.62. The number of amides is 1. The lowest BCUT2D eigenvalue weighted by Gasteiger charge is -2.43. The highest BCUT2D eigenvalue weighted by atomic mass is 19.4. The average Bonchev–Trinajstić information content (AvgIpc) is 3.88. The second-order valence-corrected chi connectivity index (χ2v) is 15.2. The molecule has 5 aliphatic rings. The summed E-state index contributed by atoms with van der Waals surface area (Å²) >= 11 is 0. The van der Waals surface area contributed by atoms with E-state index in [-0.39, 0.29) is 11.9 Å². The number of carbonyl (C=O) groups excluding carboxylic acids is 1. The van der Waals surface area contributed by atoms with E-state index in [2.05, 4.69) is 68.0 Å². The Morgan fingerprint density at radius 2 is 1.71 bits per heavy atom. The number of piperidine rings is 1. The van der Waals surface area contributed by atoms with Gasteiger partial charge in [0.05, 0.1) is 16.9 Å². The fourth-order valence-corrected chi connectivity index (χ4v) is 7.01. The number of anilines is 1. The van der Waals surface area contributed by atoms with Crippen LogP contribution in [0.15, 0.2) is 35.3 Å². The number of halogens is 3. The molecule has 3 aliphatic heterocycles. The van der Waals surface area contributed by atoms with Crippen molar-refractivity contribution in [3.8, 4) is 0 Å². The molecule has 11 heteroatoms. The van der Waals surface area contributed by atoms with E-state index in [1.807, 2.05) is 6.92 Å². The van der Waals surface area contributed by atoms with Crippen LogP contribution in [0.4, 0.5) is 18.9 Å². The molecule has 7 rings (SSSR count). The summed E-state index contributed by atoms with van der Waals surface area (Å²) in [4.78, 5) is 25.0. The Balaban J connectivity index is 1.18. The van der Waals surface area contributed by atoms with Crippen LogP contribution in [0.1, 0.15) is 103 Å². The number of aliphatic imine (C=N–C) groups is 1. The van der Waals surface area contributed by atoms with Crippen LogP contribution in [0.5, 0.6) is 0 Å². The van der Waals surface area contributed by atoms with Crippen molar-refractivity contribution in [2.24, 2.45) is 10.9 Å². The van der Waals surface area contributed by atoms with Crippen molar-refractivity contribution in [3.63, 3.8) is 0 Å². The third-order valence-electron chi connectivity index (χ3n) is 11.1. The van der Waals surface area contributed by atoms with Crippen LogP contribution in [0.25, 0.3) is 0 Å². The van der Waals surface area contributed by atoms with Gasteiger partial charge in [0.1, 0.15) is 17.1 Å². The number of nitrogens with one attached hydrogen (secondary N) is 1. The fourth-order valence-electron chi connectivity index (χ4n) is 7.01. The number of hydrogen-bond donors (Lipinski definition) is 1. The maximum atomic E-state index is 13.6. The summed E-state index contributed by atoms with van der Waals surface area (Å²) < 4.78 is 53.4. The summed E-state index contributed by atoms with van der Waals surface area (Å²) in [6.45, 7) is 12.9. The first-order valence-electron chi connectivity index (χ1n) is 16.3. The van der Waals surface area contributed by atoms with E-state index in [1.165, 1.54) is 24.5 Å². The number of aromatic nitrogens is 1. The van der Waals surface area contributed by atoms with Gasteiger partial charge in [0.15, 0.2) is 0 Å². The Kier molecular flexibility index (Phi) is 6.86. The Morgan fingerprint density at radius 1 is 1.02 bits per heavy atom. The molecule has 1 aromatic carbocycles. The molecule has 0 radical (unpaired) electrons. The lowest BCUT2D eigenvalue weighted by Crippen LogP contribution is -2.53. The van der Waals surface area contributed by atoms with Crippen LogP contribution in [0, 0.1) is 5.92 Å². The van der Waals surface area contributed by atoms with Crippen LogP contribution in [-0.4, -0.2) is 53.2 Å². The van der Waals surface area contributed by atoms with E-state index in [1.54, 1.807) is 0 Å². The highest BCUT2D eigenvalue weighted by Gasteiger charge is 2.53. The predicted molar refractivity (Wildman–Crippen MR) is 168 cm³/mol. The van der Waals surface area contributed by atoms with E-state index in [4.69, 9.17) is 14.3 Å². The lowest BCUT2D eigenvalue weighted by molar-refractivity contribution is -0.141. The third-order valence-corrected chi connectivity index (χ3v) is 11.1. The molecule has 2 atom stereocenters. The fraction of sp³-hybridized carbons (Fsp3) is 0.618. The van der Waals surface area contributed by atoms with Gasteiger partial charge in [-0.05, 0) is 108 Å². The van der Waals surface area contributed by atoms with Crippen LogP contribution in [0.2, 0.25) is 0 Å². The Morgan fingerprint density at radius 3 is 2.31 bits per heavy atom. The van der Waals surface area contributed by atoms with Crippen molar-refractivity contribution in [2.75, 3.05) is 11.4 Å². The lowest BCUT2D eigenvalue weighted by atomic mass is 9.77. The smallest absolute Gasteiger partial charge is 0.399 e. The Labute approximate surface area is 263 Å². The van der Waals surface area contributed by atoms with Gasteiger partial charge in [-0.2, -0.15) is 13.2 Å². The summed E-state index contributed by atoms with van der Waals surface area (Å²) in [7, 11) is -0.470. The highest BCUT2D eigenvalue weighted by Crippen LogP contribution is 2.49. The number of carbonyl (C=O) groups is 1. The SMILES string of the molecule is C[C@H]1C[C@@]2(CCN1c1cc(B3OC(C)(C)C(C)(C)O3)ccc1CC1CC1)N=C(c1ccc(C(F)(F)F)nc1C1(C)CC1)NC2=O. The molecule has 1 spiro atoms. The molecule has 4 fully saturated rings. The first kappa shape index (κ1) is 30.7. The summed E-state index contributed by atoms with van der Waals surface area (Å²) in [6.07, 6.45) is 1.45. The number of nitrogens with zero attached hydrogens (tertiary/aromatic N) is 3. The van der Waals surface area contributed by atoms with Crippen molar-refractivity contribution in [1.82, 2.24) is 10.3 Å². The zero-order chi connectivity index (χ0) is 32.2. The summed E-state index contributed by atoms with van der Waals surface area (Å²) in [5.41, 5.74) is 1.04. The second-order valence-electron chi connectivity index (χ2n) is 15.2. The van der Waals surface area contributed by atoms with Gasteiger partial charge in [0, 0.05) is 35.7 Å². The van der Waals surface area contributed by atoms with Crippen LogP contribution < -0.4 is 15.7 Å². The van der Waals surface area contributed by atoms with Gasteiger partial charge in [-0.15, -0.1) is 0 Å².